The summed E-state index contributed by atoms with van der Waals surface area (Å²) < 4.78 is 29.1. The molecule has 2 aromatic carbocycles. The monoisotopic (exact) mass is 629 g/mol. The molecule has 8 nitrogen and oxygen atoms in total. The van der Waals surface area contributed by atoms with Crippen LogP contribution in [0.25, 0.3) is 12.2 Å². The predicted octanol–water partition coefficient (Wildman–Crippen LogP) is 9.05. The van der Waals surface area contributed by atoms with E-state index in [-0.39, 0.29) is 25.0 Å². The van der Waals surface area contributed by atoms with Crippen molar-refractivity contribution < 1.29 is 28.6 Å². The zero-order valence-electron chi connectivity index (χ0n) is 27.6. The molecule has 0 aromatic heterocycles. The van der Waals surface area contributed by atoms with E-state index in [1.165, 1.54) is 11.6 Å². The Morgan fingerprint density at radius 3 is 2.02 bits per heavy atom. The van der Waals surface area contributed by atoms with Crippen molar-refractivity contribution in [2.24, 2.45) is 0 Å². The Kier molecular flexibility index (Phi) is 14.7. The molecule has 0 unspecified atom stereocenters. The molecule has 0 aliphatic rings. The number of nitro benzene ring substituents is 1. The number of nitro groups is 1. The van der Waals surface area contributed by atoms with E-state index < -0.39 is 21.1 Å². The minimum Gasteiger partial charge on any atom is -0.493 e. The first-order valence-corrected chi connectivity index (χ1v) is 22.4. The standard InChI is InChI=1S/C33H51NO7Si2/c1-10-39-32-23-29(40-24-37-17-19-42(4,5)6)22-28(30(32)15-11-26(2)3)14-12-27-13-16-31(34(35)36)33(21-27)41-25-38-18-20-43(7,8)9/h11-14,16,21-23H,10,15,17-20,24-25H2,1-9H3. The van der Waals surface area contributed by atoms with Crippen molar-refractivity contribution in [3.05, 3.63) is 68.8 Å². The van der Waals surface area contributed by atoms with Gasteiger partial charge in [-0.25, -0.2) is 0 Å². The highest BCUT2D eigenvalue weighted by molar-refractivity contribution is 6.76. The molecule has 0 aliphatic heterocycles. The summed E-state index contributed by atoms with van der Waals surface area (Å²) in [5.74, 6) is 1.58. The van der Waals surface area contributed by atoms with Crippen molar-refractivity contribution in [3.8, 4) is 17.2 Å². The lowest BCUT2D eigenvalue weighted by Gasteiger charge is -2.17. The van der Waals surface area contributed by atoms with Gasteiger partial charge in [0.1, 0.15) is 11.5 Å². The molecule has 0 saturated heterocycles. The van der Waals surface area contributed by atoms with E-state index in [9.17, 15) is 10.1 Å². The number of rotatable bonds is 19. The van der Waals surface area contributed by atoms with E-state index in [2.05, 4.69) is 59.2 Å². The summed E-state index contributed by atoms with van der Waals surface area (Å²) in [4.78, 5) is 11.2. The van der Waals surface area contributed by atoms with E-state index >= 15 is 0 Å². The van der Waals surface area contributed by atoms with Crippen LogP contribution in [0.4, 0.5) is 5.69 Å². The van der Waals surface area contributed by atoms with Gasteiger partial charge >= 0.3 is 5.69 Å². The molecule has 0 amide bonds. The van der Waals surface area contributed by atoms with Crippen LogP contribution in [0.5, 0.6) is 17.2 Å². The van der Waals surface area contributed by atoms with E-state index in [4.69, 9.17) is 23.7 Å². The lowest BCUT2D eigenvalue weighted by atomic mass is 10.00. The molecule has 0 heterocycles. The second kappa shape index (κ2) is 17.4. The van der Waals surface area contributed by atoms with Crippen molar-refractivity contribution >= 4 is 34.0 Å². The van der Waals surface area contributed by atoms with Gasteiger partial charge < -0.3 is 23.7 Å². The lowest BCUT2D eigenvalue weighted by Crippen LogP contribution is -2.22. The first kappa shape index (κ1) is 36.3. The SMILES string of the molecule is CCOc1cc(OCOCC[Si](C)(C)C)cc(C=Cc2ccc([N+](=O)[O-])c(OCOCC[Si](C)(C)C)c2)c1CC=C(C)C. The highest BCUT2D eigenvalue weighted by Gasteiger charge is 2.17. The lowest BCUT2D eigenvalue weighted by molar-refractivity contribution is -0.386. The van der Waals surface area contributed by atoms with Crippen molar-refractivity contribution in [2.45, 2.75) is 78.6 Å². The van der Waals surface area contributed by atoms with Crippen LogP contribution in [0.2, 0.25) is 51.4 Å². The van der Waals surface area contributed by atoms with E-state index in [1.54, 1.807) is 12.1 Å². The predicted molar refractivity (Wildman–Crippen MR) is 182 cm³/mol. The summed E-state index contributed by atoms with van der Waals surface area (Å²) in [5.41, 5.74) is 3.82. The summed E-state index contributed by atoms with van der Waals surface area (Å²) in [5, 5.41) is 11.6. The molecule has 0 N–H and O–H groups in total. The van der Waals surface area contributed by atoms with E-state index in [1.807, 2.05) is 31.2 Å². The third kappa shape index (κ3) is 14.4. The summed E-state index contributed by atoms with van der Waals surface area (Å²) >= 11 is 0. The van der Waals surface area contributed by atoms with Crippen LogP contribution < -0.4 is 14.2 Å². The second-order valence-electron chi connectivity index (χ2n) is 13.2. The van der Waals surface area contributed by atoms with Crippen molar-refractivity contribution in [1.82, 2.24) is 0 Å². The first-order valence-electron chi connectivity index (χ1n) is 15.0. The fourth-order valence-corrected chi connectivity index (χ4v) is 5.37. The van der Waals surface area contributed by atoms with Gasteiger partial charge in [-0.05, 0) is 68.6 Å². The Labute approximate surface area is 260 Å². The number of hydrogen-bond donors (Lipinski definition) is 0. The molecular weight excluding hydrogens is 579 g/mol. The zero-order valence-corrected chi connectivity index (χ0v) is 29.6. The summed E-state index contributed by atoms with van der Waals surface area (Å²) in [6.07, 6.45) is 6.74. The normalized spacial score (nSPS) is 11.9. The molecule has 0 radical (unpaired) electrons. The van der Waals surface area contributed by atoms with E-state index in [0.717, 1.165) is 34.5 Å². The average molecular weight is 630 g/mol. The minimum absolute atomic E-state index is 0.0392. The van der Waals surface area contributed by atoms with E-state index in [0.29, 0.717) is 32.0 Å². The third-order valence-electron chi connectivity index (χ3n) is 6.47. The molecule has 238 valence electrons. The molecule has 43 heavy (non-hydrogen) atoms. The van der Waals surface area contributed by atoms with Gasteiger partial charge in [0.2, 0.25) is 0 Å². The van der Waals surface area contributed by atoms with Gasteiger partial charge in [-0.2, -0.15) is 0 Å². The van der Waals surface area contributed by atoms with Gasteiger partial charge in [0.15, 0.2) is 19.3 Å². The second-order valence-corrected chi connectivity index (χ2v) is 24.4. The Morgan fingerprint density at radius 2 is 1.47 bits per heavy atom. The van der Waals surface area contributed by atoms with Crippen molar-refractivity contribution in [1.29, 1.82) is 0 Å². The van der Waals surface area contributed by atoms with Crippen LogP contribution in [0.15, 0.2) is 42.0 Å². The molecule has 0 aliphatic carbocycles. The molecule has 10 heteroatoms. The first-order chi connectivity index (χ1) is 20.2. The summed E-state index contributed by atoms with van der Waals surface area (Å²) in [6, 6.07) is 10.8. The Balaban J connectivity index is 2.33. The molecular formula is C33H51NO7Si2. The van der Waals surface area contributed by atoms with Crippen LogP contribution in [0.3, 0.4) is 0 Å². The highest BCUT2D eigenvalue weighted by atomic mass is 28.3. The number of hydrogen-bond acceptors (Lipinski definition) is 7. The van der Waals surface area contributed by atoms with Gasteiger partial charge in [-0.3, -0.25) is 10.1 Å². The van der Waals surface area contributed by atoms with Gasteiger partial charge in [0.25, 0.3) is 0 Å². The third-order valence-corrected chi connectivity index (χ3v) is 9.87. The quantitative estimate of drug-likeness (QED) is 0.0291. The van der Waals surface area contributed by atoms with Crippen LogP contribution in [0.1, 0.15) is 37.5 Å². The maximum Gasteiger partial charge on any atom is 0.311 e. The molecule has 0 saturated carbocycles. The molecule has 2 rings (SSSR count). The van der Waals surface area contributed by atoms with Gasteiger partial charge in [0.05, 0.1) is 11.5 Å². The Morgan fingerprint density at radius 1 is 0.837 bits per heavy atom. The van der Waals surface area contributed by atoms with Crippen LogP contribution >= 0.6 is 0 Å². The summed E-state index contributed by atoms with van der Waals surface area (Å²) in [6.45, 7) is 21.7. The fourth-order valence-electron chi connectivity index (χ4n) is 3.86. The van der Waals surface area contributed by atoms with Crippen molar-refractivity contribution in [2.75, 3.05) is 33.4 Å². The van der Waals surface area contributed by atoms with Crippen LogP contribution in [0, 0.1) is 10.1 Å². The van der Waals surface area contributed by atoms with Crippen LogP contribution in [-0.4, -0.2) is 54.5 Å². The highest BCUT2D eigenvalue weighted by Crippen LogP contribution is 2.33. The largest absolute Gasteiger partial charge is 0.493 e. The molecule has 0 atom stereocenters. The fraction of sp³-hybridized carbons (Fsp3) is 0.515. The van der Waals surface area contributed by atoms with Gasteiger partial charge in [-0.1, -0.05) is 63.1 Å². The average Bonchev–Trinajstić information content (AvgIpc) is 2.89. The van der Waals surface area contributed by atoms with Crippen LogP contribution in [-0.2, 0) is 15.9 Å². The van der Waals surface area contributed by atoms with Gasteiger partial charge in [-0.15, -0.1) is 0 Å². The topological polar surface area (TPSA) is 89.3 Å². The molecule has 0 spiro atoms. The molecule has 2 aromatic rings. The molecule has 0 bridgehead atoms. The Bertz CT molecular complexity index is 1240. The number of benzene rings is 2. The van der Waals surface area contributed by atoms with Crippen molar-refractivity contribution in [3.63, 3.8) is 0 Å². The number of nitrogens with zero attached hydrogens (tertiary/aromatic N) is 1. The molecule has 0 fully saturated rings. The number of ether oxygens (including phenoxy) is 5. The number of allylic oxidation sites excluding steroid dienone is 2. The maximum absolute atomic E-state index is 11.6. The Hall–Kier alpha value is -2.93. The van der Waals surface area contributed by atoms with Gasteiger partial charge in [0, 0.05) is 47.1 Å². The zero-order chi connectivity index (χ0) is 32.0. The smallest absolute Gasteiger partial charge is 0.311 e. The summed E-state index contributed by atoms with van der Waals surface area (Å²) in [7, 11) is -2.43. The maximum atomic E-state index is 11.6. The minimum atomic E-state index is -1.24.